The van der Waals surface area contributed by atoms with E-state index in [1.54, 1.807) is 46.8 Å². The summed E-state index contributed by atoms with van der Waals surface area (Å²) in [7, 11) is 1.80. The van der Waals surface area contributed by atoms with Crippen LogP contribution in [0.3, 0.4) is 0 Å². The van der Waals surface area contributed by atoms with Crippen molar-refractivity contribution < 1.29 is 14.3 Å². The van der Waals surface area contributed by atoms with Crippen molar-refractivity contribution in [2.45, 2.75) is 0 Å². The zero-order valence-corrected chi connectivity index (χ0v) is 14.9. The molecule has 2 aromatic rings. The Labute approximate surface area is 148 Å². The summed E-state index contributed by atoms with van der Waals surface area (Å²) in [6.45, 7) is 2.30. The van der Waals surface area contributed by atoms with Gasteiger partial charge in [0.1, 0.15) is 5.69 Å². The number of morpholine rings is 1. The summed E-state index contributed by atoms with van der Waals surface area (Å²) in [5.74, 6) is -0.268. The maximum Gasteiger partial charge on any atom is 0.272 e. The molecule has 126 valence electrons. The lowest BCUT2D eigenvalue weighted by Crippen LogP contribution is -2.40. The fourth-order valence-electron chi connectivity index (χ4n) is 2.62. The number of carbonyl (C=O) groups is 2. The third-order valence-electron chi connectivity index (χ3n) is 3.87. The molecule has 24 heavy (non-hydrogen) atoms. The van der Waals surface area contributed by atoms with E-state index in [1.165, 1.54) is 0 Å². The van der Waals surface area contributed by atoms with Gasteiger partial charge in [0.15, 0.2) is 0 Å². The zero-order chi connectivity index (χ0) is 17.1. The van der Waals surface area contributed by atoms with Crippen LogP contribution in [0.25, 0.3) is 0 Å². The van der Waals surface area contributed by atoms with Crippen LogP contribution in [-0.4, -0.2) is 47.6 Å². The predicted molar refractivity (Wildman–Crippen MR) is 94.2 cm³/mol. The second-order valence-corrected chi connectivity index (χ2v) is 6.51. The fraction of sp³-hybridized carbons (Fsp3) is 0.294. The summed E-state index contributed by atoms with van der Waals surface area (Å²) in [5, 5.41) is 2.83. The highest BCUT2D eigenvalue weighted by Gasteiger charge is 2.19. The van der Waals surface area contributed by atoms with Gasteiger partial charge >= 0.3 is 0 Å². The zero-order valence-electron chi connectivity index (χ0n) is 13.3. The number of anilines is 1. The van der Waals surface area contributed by atoms with Crippen molar-refractivity contribution in [2.75, 3.05) is 31.6 Å². The second kappa shape index (κ2) is 7.19. The van der Waals surface area contributed by atoms with Gasteiger partial charge in [-0.15, -0.1) is 0 Å². The maximum absolute atomic E-state index is 12.5. The van der Waals surface area contributed by atoms with Crippen molar-refractivity contribution in [2.24, 2.45) is 7.05 Å². The van der Waals surface area contributed by atoms with Gasteiger partial charge in [-0.25, -0.2) is 0 Å². The summed E-state index contributed by atoms with van der Waals surface area (Å²) < 4.78 is 7.84. The standard InChI is InChI=1S/C17H18BrN3O3/c1-20-11-13(18)10-15(20)16(22)19-14-4-2-3-12(9-14)17(23)21-5-7-24-8-6-21/h2-4,9-11H,5-8H2,1H3,(H,19,22). The quantitative estimate of drug-likeness (QED) is 0.873. The highest BCUT2D eigenvalue weighted by molar-refractivity contribution is 9.10. The topological polar surface area (TPSA) is 63.6 Å². The molecular formula is C17H18BrN3O3. The molecule has 1 saturated heterocycles. The van der Waals surface area contributed by atoms with E-state index in [4.69, 9.17) is 4.74 Å². The van der Waals surface area contributed by atoms with Crippen LogP contribution in [0.1, 0.15) is 20.8 Å². The van der Waals surface area contributed by atoms with Gasteiger partial charge in [-0.05, 0) is 40.2 Å². The van der Waals surface area contributed by atoms with Crippen LogP contribution >= 0.6 is 15.9 Å². The Bertz CT molecular complexity index is 766. The molecule has 0 unspecified atom stereocenters. The number of nitrogens with one attached hydrogen (secondary N) is 1. The lowest BCUT2D eigenvalue weighted by Gasteiger charge is -2.27. The van der Waals surface area contributed by atoms with Gasteiger partial charge in [0.05, 0.1) is 13.2 Å². The molecule has 7 heteroatoms. The van der Waals surface area contributed by atoms with Gasteiger partial charge < -0.3 is 19.5 Å². The predicted octanol–water partition coefficient (Wildman–Crippen LogP) is 2.51. The molecule has 1 fully saturated rings. The van der Waals surface area contributed by atoms with Crippen LogP contribution in [0.2, 0.25) is 0 Å². The smallest absolute Gasteiger partial charge is 0.272 e. The normalized spacial score (nSPS) is 14.5. The Balaban J connectivity index is 1.74. The summed E-state index contributed by atoms with van der Waals surface area (Å²) in [6.07, 6.45) is 1.81. The molecule has 0 radical (unpaired) electrons. The molecule has 1 aliphatic heterocycles. The number of amides is 2. The Morgan fingerprint density at radius 3 is 2.62 bits per heavy atom. The number of hydrogen-bond acceptors (Lipinski definition) is 3. The Hall–Kier alpha value is -2.12. The average Bonchev–Trinajstić information content (AvgIpc) is 2.94. The third kappa shape index (κ3) is 3.68. The highest BCUT2D eigenvalue weighted by atomic mass is 79.9. The van der Waals surface area contributed by atoms with E-state index in [0.717, 1.165) is 4.47 Å². The molecule has 1 aromatic heterocycles. The number of carbonyl (C=O) groups excluding carboxylic acids is 2. The first-order chi connectivity index (χ1) is 11.5. The molecule has 0 bridgehead atoms. The number of halogens is 1. The molecule has 1 aliphatic rings. The number of nitrogens with zero attached hydrogens (tertiary/aromatic N) is 2. The van der Waals surface area contributed by atoms with E-state index in [1.807, 2.05) is 6.20 Å². The van der Waals surface area contributed by atoms with Gasteiger partial charge in [0.2, 0.25) is 0 Å². The molecule has 2 amide bonds. The summed E-state index contributed by atoms with van der Waals surface area (Å²) >= 11 is 3.35. The first kappa shape index (κ1) is 16.7. The van der Waals surface area contributed by atoms with E-state index in [-0.39, 0.29) is 11.8 Å². The van der Waals surface area contributed by atoms with Crippen molar-refractivity contribution in [1.29, 1.82) is 0 Å². The summed E-state index contributed by atoms with van der Waals surface area (Å²) in [4.78, 5) is 26.6. The molecule has 1 N–H and O–H groups in total. The minimum absolute atomic E-state index is 0.0454. The third-order valence-corrected chi connectivity index (χ3v) is 4.30. The molecule has 1 aromatic carbocycles. The van der Waals surface area contributed by atoms with Gasteiger partial charge in [-0.3, -0.25) is 9.59 Å². The van der Waals surface area contributed by atoms with Crippen LogP contribution in [0.5, 0.6) is 0 Å². The Kier molecular flexibility index (Phi) is 5.01. The lowest BCUT2D eigenvalue weighted by atomic mass is 10.1. The SMILES string of the molecule is Cn1cc(Br)cc1C(=O)Nc1cccc(C(=O)N2CCOCC2)c1. The number of benzene rings is 1. The highest BCUT2D eigenvalue weighted by Crippen LogP contribution is 2.17. The number of ether oxygens (including phenoxy) is 1. The van der Waals surface area contributed by atoms with Crippen LogP contribution in [0, 0.1) is 0 Å². The maximum atomic E-state index is 12.5. The summed E-state index contributed by atoms with van der Waals surface area (Å²) in [6, 6.07) is 8.74. The fourth-order valence-corrected chi connectivity index (χ4v) is 3.15. The lowest BCUT2D eigenvalue weighted by molar-refractivity contribution is 0.0303. The van der Waals surface area contributed by atoms with Crippen LogP contribution in [-0.2, 0) is 11.8 Å². The Morgan fingerprint density at radius 1 is 1.21 bits per heavy atom. The van der Waals surface area contributed by atoms with Gasteiger partial charge in [0.25, 0.3) is 11.8 Å². The van der Waals surface area contributed by atoms with Crippen molar-refractivity contribution in [3.8, 4) is 0 Å². The number of rotatable bonds is 3. The molecule has 0 atom stereocenters. The molecule has 0 spiro atoms. The minimum atomic E-state index is -0.223. The first-order valence-electron chi connectivity index (χ1n) is 7.65. The van der Waals surface area contributed by atoms with E-state index in [2.05, 4.69) is 21.2 Å². The monoisotopic (exact) mass is 391 g/mol. The number of hydrogen-bond donors (Lipinski definition) is 1. The largest absolute Gasteiger partial charge is 0.378 e. The van der Waals surface area contributed by atoms with Crippen molar-refractivity contribution in [1.82, 2.24) is 9.47 Å². The van der Waals surface area contributed by atoms with Gasteiger partial charge in [0, 0.05) is 42.1 Å². The van der Waals surface area contributed by atoms with Crippen LogP contribution < -0.4 is 5.32 Å². The molecule has 3 rings (SSSR count). The van der Waals surface area contributed by atoms with E-state index in [0.29, 0.717) is 43.2 Å². The second-order valence-electron chi connectivity index (χ2n) is 5.59. The minimum Gasteiger partial charge on any atom is -0.378 e. The van der Waals surface area contributed by atoms with E-state index >= 15 is 0 Å². The van der Waals surface area contributed by atoms with Crippen molar-refractivity contribution in [3.63, 3.8) is 0 Å². The van der Waals surface area contributed by atoms with Gasteiger partial charge in [-0.1, -0.05) is 6.07 Å². The van der Waals surface area contributed by atoms with E-state index in [9.17, 15) is 9.59 Å². The molecular weight excluding hydrogens is 374 g/mol. The number of aryl methyl sites for hydroxylation is 1. The van der Waals surface area contributed by atoms with Crippen LogP contribution in [0.4, 0.5) is 5.69 Å². The Morgan fingerprint density at radius 2 is 1.96 bits per heavy atom. The molecule has 2 heterocycles. The van der Waals surface area contributed by atoms with Crippen molar-refractivity contribution >= 4 is 33.4 Å². The van der Waals surface area contributed by atoms with Crippen molar-refractivity contribution in [3.05, 3.63) is 52.3 Å². The first-order valence-corrected chi connectivity index (χ1v) is 8.44. The van der Waals surface area contributed by atoms with Crippen LogP contribution in [0.15, 0.2) is 41.0 Å². The van der Waals surface area contributed by atoms with Gasteiger partial charge in [-0.2, -0.15) is 0 Å². The summed E-state index contributed by atoms with van der Waals surface area (Å²) in [5.41, 5.74) is 1.69. The molecule has 6 nitrogen and oxygen atoms in total. The molecule has 0 saturated carbocycles. The average molecular weight is 392 g/mol. The number of aromatic nitrogens is 1. The van der Waals surface area contributed by atoms with E-state index < -0.39 is 0 Å². The molecule has 0 aliphatic carbocycles.